The molecule has 0 N–H and O–H groups in total. The largest absolute Gasteiger partial charge is 0.325 e. The number of aromatic nitrogens is 2. The molecule has 0 unspecified atom stereocenters. The molecule has 1 aromatic carbocycles. The lowest BCUT2D eigenvalue weighted by Crippen LogP contribution is -2.24. The maximum atomic E-state index is 13.6. The van der Waals surface area contributed by atoms with E-state index in [4.69, 9.17) is 0 Å². The minimum atomic E-state index is -2.28. The van der Waals surface area contributed by atoms with Gasteiger partial charge in [-0.2, -0.15) is 0 Å². The van der Waals surface area contributed by atoms with Gasteiger partial charge in [0.1, 0.15) is 11.3 Å². The molecule has 2 aromatic rings. The number of nitrogens with zero attached hydrogens (tertiary/aromatic N) is 2. The molecule has 1 saturated carbocycles. The summed E-state index contributed by atoms with van der Waals surface area (Å²) < 4.78 is 38.8. The van der Waals surface area contributed by atoms with Gasteiger partial charge in [-0.25, -0.2) is 18.2 Å². The molecule has 1 aromatic heterocycles. The van der Waals surface area contributed by atoms with Gasteiger partial charge in [-0.3, -0.25) is 0 Å². The quantitative estimate of drug-likeness (QED) is 0.509. The fraction of sp³-hybridized carbons (Fsp3) is 0.682. The number of imidazole rings is 1. The number of rotatable bonds is 2. The lowest BCUT2D eigenvalue weighted by atomic mass is 9.95. The Morgan fingerprint density at radius 1 is 1.07 bits per heavy atom. The van der Waals surface area contributed by atoms with Crippen LogP contribution in [0.1, 0.15) is 98.9 Å². The predicted octanol–water partition coefficient (Wildman–Crippen LogP) is 8.13. The second-order valence-electron chi connectivity index (χ2n) is 7.11. The lowest BCUT2D eigenvalue weighted by molar-refractivity contribution is -0.0717. The number of halogens is 3. The van der Waals surface area contributed by atoms with Crippen LogP contribution in [0.5, 0.6) is 0 Å². The van der Waals surface area contributed by atoms with E-state index in [-0.39, 0.29) is 18.7 Å². The Balaban J connectivity index is 0.000000508. The lowest BCUT2D eigenvalue weighted by Gasteiger charge is -2.23. The minimum Gasteiger partial charge on any atom is -0.325 e. The Morgan fingerprint density at radius 2 is 1.56 bits per heavy atom. The average Bonchev–Trinajstić information content (AvgIpc) is 2.98. The Morgan fingerprint density at radius 3 is 1.89 bits per heavy atom. The molecule has 1 fully saturated rings. The van der Waals surface area contributed by atoms with E-state index >= 15 is 0 Å². The van der Waals surface area contributed by atoms with Crippen molar-refractivity contribution in [2.45, 2.75) is 99.0 Å². The highest BCUT2D eigenvalue weighted by molar-refractivity contribution is 5.77. The number of hydrogen-bond acceptors (Lipinski definition) is 1. The maximum Gasteiger partial charge on any atom is 0.248 e. The highest BCUT2D eigenvalue weighted by atomic mass is 19.3. The zero-order valence-corrected chi connectivity index (χ0v) is 18.2. The van der Waals surface area contributed by atoms with E-state index in [1.54, 1.807) is 6.07 Å². The summed E-state index contributed by atoms with van der Waals surface area (Å²) in [5.74, 6) is -1.26. The summed E-state index contributed by atoms with van der Waals surface area (Å²) in [7, 11) is 0. The first-order chi connectivity index (χ1) is 12.6. The van der Waals surface area contributed by atoms with Gasteiger partial charge in [-0.15, -0.1) is 0 Å². The molecule has 1 heterocycles. The molecule has 0 radical (unpaired) electrons. The third-order valence-corrected chi connectivity index (χ3v) is 3.82. The van der Waals surface area contributed by atoms with Crippen molar-refractivity contribution in [2.24, 2.45) is 0 Å². The number of fused-ring (bicyclic) bond motifs is 1. The van der Waals surface area contributed by atoms with Crippen molar-refractivity contribution in [1.29, 1.82) is 0 Å². The normalized spacial score (nSPS) is 14.4. The van der Waals surface area contributed by atoms with Crippen LogP contribution in [0.15, 0.2) is 18.2 Å². The zero-order chi connectivity index (χ0) is 21.2. The number of alkyl halides is 2. The fourth-order valence-electron chi connectivity index (χ4n) is 2.49. The van der Waals surface area contributed by atoms with Crippen LogP contribution in [-0.4, -0.2) is 15.5 Å². The summed E-state index contributed by atoms with van der Waals surface area (Å²) in [6.07, 6.45) is 2.20. The summed E-state index contributed by atoms with van der Waals surface area (Å²) in [4.78, 5) is 4.42. The number of benzene rings is 1. The first-order valence-electron chi connectivity index (χ1n) is 10.2. The molecule has 1 aliphatic carbocycles. The first-order valence-corrected chi connectivity index (χ1v) is 10.2. The molecule has 1 aliphatic rings. The van der Waals surface area contributed by atoms with Crippen molar-refractivity contribution in [1.82, 2.24) is 9.55 Å². The van der Waals surface area contributed by atoms with Crippen LogP contribution < -0.4 is 0 Å². The monoisotopic (exact) mass is 386 g/mol. The summed E-state index contributed by atoms with van der Waals surface area (Å²) in [5, 5.41) is 0. The summed E-state index contributed by atoms with van der Waals surface area (Å²) in [6.45, 7) is 16.6. The molecule has 0 aliphatic heterocycles. The number of para-hydroxylation sites is 1. The van der Waals surface area contributed by atoms with E-state index in [1.807, 2.05) is 19.9 Å². The molecule has 156 valence electrons. The second-order valence-corrected chi connectivity index (χ2v) is 7.11. The van der Waals surface area contributed by atoms with Crippen LogP contribution in [0.25, 0.3) is 11.0 Å². The van der Waals surface area contributed by atoms with Gasteiger partial charge >= 0.3 is 0 Å². The molecular formula is C22H37F3N2. The molecular weight excluding hydrogens is 349 g/mol. The second kappa shape index (κ2) is 12.0. The van der Waals surface area contributed by atoms with Gasteiger partial charge in [0.25, 0.3) is 0 Å². The first kappa shape index (κ1) is 25.5. The Bertz CT molecular complexity index is 655. The molecule has 2 nitrogen and oxygen atoms in total. The third kappa shape index (κ3) is 7.55. The molecule has 3 rings (SSSR count). The van der Waals surface area contributed by atoms with E-state index in [0.29, 0.717) is 23.9 Å². The van der Waals surface area contributed by atoms with E-state index < -0.39 is 5.92 Å². The Labute approximate surface area is 163 Å². The molecule has 0 amide bonds. The van der Waals surface area contributed by atoms with E-state index in [1.165, 1.54) is 12.5 Å². The summed E-state index contributed by atoms with van der Waals surface area (Å²) >= 11 is 0. The van der Waals surface area contributed by atoms with Crippen molar-refractivity contribution < 1.29 is 13.2 Å². The minimum absolute atomic E-state index is 0.118. The van der Waals surface area contributed by atoms with E-state index in [9.17, 15) is 13.2 Å². The Hall–Kier alpha value is -1.52. The van der Waals surface area contributed by atoms with Crippen molar-refractivity contribution in [3.8, 4) is 0 Å². The van der Waals surface area contributed by atoms with E-state index in [2.05, 4.69) is 51.1 Å². The van der Waals surface area contributed by atoms with Crippen LogP contribution in [0.4, 0.5) is 13.2 Å². The summed E-state index contributed by atoms with van der Waals surface area (Å²) in [6, 6.07) is 5.42. The molecule has 0 saturated heterocycles. The predicted molar refractivity (Wildman–Crippen MR) is 110 cm³/mol. The average molecular weight is 387 g/mol. The van der Waals surface area contributed by atoms with Gasteiger partial charge in [-0.05, 0) is 32.4 Å². The van der Waals surface area contributed by atoms with Crippen molar-refractivity contribution in [2.75, 3.05) is 0 Å². The van der Waals surface area contributed by atoms with Crippen LogP contribution in [0, 0.1) is 5.82 Å². The van der Waals surface area contributed by atoms with Gasteiger partial charge in [0.2, 0.25) is 5.92 Å². The van der Waals surface area contributed by atoms with Crippen LogP contribution in [0.2, 0.25) is 0 Å². The molecule has 0 spiro atoms. The van der Waals surface area contributed by atoms with Gasteiger partial charge in [-0.1, -0.05) is 54.0 Å². The van der Waals surface area contributed by atoms with Crippen LogP contribution >= 0.6 is 0 Å². The standard InChI is InChI=1S/C13H17FN2.C4H6F2.C3H8.C2H6/c1-8(2)13-15-12-10(14)6-5-7-11(12)16(13)9(3)4;5-4(6)2-1-3-4;1-3-2;1-2/h5-9H,1-4H3;1-3H2;3H2,1-2H3;1-2H3. The van der Waals surface area contributed by atoms with Crippen molar-refractivity contribution >= 4 is 11.0 Å². The fourth-order valence-corrected chi connectivity index (χ4v) is 2.49. The van der Waals surface area contributed by atoms with Crippen LogP contribution in [0.3, 0.4) is 0 Å². The highest BCUT2D eigenvalue weighted by Gasteiger charge is 2.36. The Kier molecular flexibility index (Phi) is 11.4. The molecule has 0 bridgehead atoms. The zero-order valence-electron chi connectivity index (χ0n) is 18.2. The van der Waals surface area contributed by atoms with Crippen LogP contribution in [-0.2, 0) is 0 Å². The van der Waals surface area contributed by atoms with Gasteiger partial charge in [0, 0.05) is 24.8 Å². The van der Waals surface area contributed by atoms with Gasteiger partial charge in [0.15, 0.2) is 5.82 Å². The van der Waals surface area contributed by atoms with Crippen molar-refractivity contribution in [3.63, 3.8) is 0 Å². The van der Waals surface area contributed by atoms with E-state index in [0.717, 1.165) is 11.3 Å². The molecule has 5 heteroatoms. The molecule has 27 heavy (non-hydrogen) atoms. The number of hydrogen-bond donors (Lipinski definition) is 0. The van der Waals surface area contributed by atoms with Crippen molar-refractivity contribution in [3.05, 3.63) is 29.8 Å². The topological polar surface area (TPSA) is 17.8 Å². The molecule has 0 atom stereocenters. The van der Waals surface area contributed by atoms with Gasteiger partial charge < -0.3 is 4.57 Å². The summed E-state index contributed by atoms with van der Waals surface area (Å²) in [5.41, 5.74) is 1.37. The van der Waals surface area contributed by atoms with Gasteiger partial charge in [0.05, 0.1) is 5.52 Å². The highest BCUT2D eigenvalue weighted by Crippen LogP contribution is 2.36. The third-order valence-electron chi connectivity index (χ3n) is 3.82. The SMILES string of the molecule is CC.CC(C)c1nc2c(F)cccc2n1C(C)C.CCC.FC1(F)CCC1. The smallest absolute Gasteiger partial charge is 0.248 e. The maximum absolute atomic E-state index is 13.6.